The molecule has 1 fully saturated rings. The maximum Gasteiger partial charge on any atom is 0.410 e. The summed E-state index contributed by atoms with van der Waals surface area (Å²) in [5, 5.41) is 6.96. The predicted molar refractivity (Wildman–Crippen MR) is 121 cm³/mol. The van der Waals surface area contributed by atoms with E-state index in [1.165, 1.54) is 5.39 Å². The standard InChI is InChI=1S/C24H27N5O2/c1-24(2,3)31-23(30)28-12-9-17(10-13-28)29-15-16(14-26-29)18-8-11-25-22-21(18)19-6-4-5-7-20(19)27-22/h4-8,11,14-15,17H,9-10,12-13H2,1-3H3,(H,25,27). The van der Waals surface area contributed by atoms with Crippen LogP contribution >= 0.6 is 0 Å². The summed E-state index contributed by atoms with van der Waals surface area (Å²) in [6.45, 7) is 7.04. The molecule has 0 saturated carbocycles. The summed E-state index contributed by atoms with van der Waals surface area (Å²) in [6, 6.07) is 10.6. The summed E-state index contributed by atoms with van der Waals surface area (Å²) in [7, 11) is 0. The molecule has 3 aromatic heterocycles. The van der Waals surface area contributed by atoms with Crippen molar-refractivity contribution in [3.63, 3.8) is 0 Å². The number of carbonyl (C=O) groups is 1. The van der Waals surface area contributed by atoms with Crippen LogP contribution in [0.5, 0.6) is 0 Å². The number of aromatic amines is 1. The van der Waals surface area contributed by atoms with Gasteiger partial charge in [-0.25, -0.2) is 9.78 Å². The highest BCUT2D eigenvalue weighted by Crippen LogP contribution is 2.34. The average Bonchev–Trinajstić information content (AvgIpc) is 3.37. The van der Waals surface area contributed by atoms with Crippen LogP contribution in [-0.4, -0.2) is 49.4 Å². The van der Waals surface area contributed by atoms with Crippen molar-refractivity contribution in [1.29, 1.82) is 0 Å². The molecule has 1 saturated heterocycles. The van der Waals surface area contributed by atoms with Gasteiger partial charge in [-0.15, -0.1) is 0 Å². The molecule has 4 heterocycles. The first-order chi connectivity index (χ1) is 14.9. The Kier molecular flexibility index (Phi) is 4.68. The van der Waals surface area contributed by atoms with Crippen LogP contribution in [0.3, 0.4) is 0 Å². The molecule has 1 amide bonds. The molecule has 0 atom stereocenters. The van der Waals surface area contributed by atoms with Gasteiger partial charge in [0.05, 0.1) is 12.2 Å². The first kappa shape index (κ1) is 19.6. The smallest absolute Gasteiger partial charge is 0.410 e. The van der Waals surface area contributed by atoms with Gasteiger partial charge in [0.1, 0.15) is 11.2 Å². The Morgan fingerprint density at radius 2 is 1.94 bits per heavy atom. The quantitative estimate of drug-likeness (QED) is 0.489. The predicted octanol–water partition coefficient (Wildman–Crippen LogP) is 5.15. The second kappa shape index (κ2) is 7.41. The number of benzene rings is 1. The fourth-order valence-corrected chi connectivity index (χ4v) is 4.32. The number of likely N-dealkylation sites (tertiary alicyclic amines) is 1. The van der Waals surface area contributed by atoms with E-state index in [1.54, 1.807) is 4.90 Å². The lowest BCUT2D eigenvalue weighted by atomic mass is 10.0. The first-order valence-corrected chi connectivity index (χ1v) is 10.8. The number of fused-ring (bicyclic) bond motifs is 3. The van der Waals surface area contributed by atoms with Gasteiger partial charge < -0.3 is 14.6 Å². The van der Waals surface area contributed by atoms with Crippen molar-refractivity contribution in [3.05, 3.63) is 48.9 Å². The minimum atomic E-state index is -0.469. The zero-order chi connectivity index (χ0) is 21.6. The van der Waals surface area contributed by atoms with Crippen molar-refractivity contribution < 1.29 is 9.53 Å². The average molecular weight is 418 g/mol. The maximum absolute atomic E-state index is 12.3. The zero-order valence-electron chi connectivity index (χ0n) is 18.1. The van der Waals surface area contributed by atoms with Crippen molar-refractivity contribution in [2.75, 3.05) is 13.1 Å². The summed E-state index contributed by atoms with van der Waals surface area (Å²) in [4.78, 5) is 22.0. The molecule has 1 aromatic carbocycles. The third kappa shape index (κ3) is 3.76. The summed E-state index contributed by atoms with van der Waals surface area (Å²) in [5.74, 6) is 0. The van der Waals surface area contributed by atoms with Crippen LogP contribution in [0.2, 0.25) is 0 Å². The number of para-hydroxylation sites is 1. The van der Waals surface area contributed by atoms with E-state index in [9.17, 15) is 4.79 Å². The molecule has 0 radical (unpaired) electrons. The van der Waals surface area contributed by atoms with Gasteiger partial charge in [-0.3, -0.25) is 4.68 Å². The Morgan fingerprint density at radius 3 is 2.71 bits per heavy atom. The van der Waals surface area contributed by atoms with E-state index in [2.05, 4.69) is 39.5 Å². The van der Waals surface area contributed by atoms with Crippen LogP contribution in [0.25, 0.3) is 33.1 Å². The normalized spacial score (nSPS) is 15.6. The maximum atomic E-state index is 12.3. The highest BCUT2D eigenvalue weighted by atomic mass is 16.6. The third-order valence-corrected chi connectivity index (χ3v) is 5.80. The van der Waals surface area contributed by atoms with E-state index < -0.39 is 5.60 Å². The molecule has 160 valence electrons. The Bertz CT molecular complexity index is 1240. The fourth-order valence-electron chi connectivity index (χ4n) is 4.32. The lowest BCUT2D eigenvalue weighted by Crippen LogP contribution is -2.42. The molecular formula is C24H27N5O2. The van der Waals surface area contributed by atoms with Crippen molar-refractivity contribution in [2.24, 2.45) is 0 Å². The molecule has 31 heavy (non-hydrogen) atoms. The number of aromatic nitrogens is 4. The first-order valence-electron chi connectivity index (χ1n) is 10.8. The largest absolute Gasteiger partial charge is 0.444 e. The Balaban J connectivity index is 1.37. The van der Waals surface area contributed by atoms with E-state index in [0.29, 0.717) is 13.1 Å². The number of H-pyrrole nitrogens is 1. The van der Waals surface area contributed by atoms with Crippen LogP contribution in [0.4, 0.5) is 4.79 Å². The summed E-state index contributed by atoms with van der Waals surface area (Å²) >= 11 is 0. The third-order valence-electron chi connectivity index (χ3n) is 5.80. The molecule has 7 nitrogen and oxygen atoms in total. The number of amides is 1. The summed E-state index contributed by atoms with van der Waals surface area (Å²) < 4.78 is 7.55. The van der Waals surface area contributed by atoms with Crippen molar-refractivity contribution >= 4 is 28.0 Å². The van der Waals surface area contributed by atoms with E-state index in [-0.39, 0.29) is 12.1 Å². The number of nitrogens with zero attached hydrogens (tertiary/aromatic N) is 4. The summed E-state index contributed by atoms with van der Waals surface area (Å²) in [5.41, 5.74) is 3.70. The van der Waals surface area contributed by atoms with Crippen LogP contribution in [0, 0.1) is 0 Å². The Hall–Kier alpha value is -3.35. The van der Waals surface area contributed by atoms with E-state index >= 15 is 0 Å². The topological polar surface area (TPSA) is 76.0 Å². The number of carbonyl (C=O) groups excluding carboxylic acids is 1. The molecule has 4 aromatic rings. The highest BCUT2D eigenvalue weighted by Gasteiger charge is 2.28. The van der Waals surface area contributed by atoms with Gasteiger partial charge in [-0.1, -0.05) is 18.2 Å². The number of piperidine rings is 1. The van der Waals surface area contributed by atoms with Gasteiger partial charge in [-0.2, -0.15) is 5.10 Å². The van der Waals surface area contributed by atoms with Crippen LogP contribution in [0.15, 0.2) is 48.9 Å². The molecule has 1 aliphatic rings. The van der Waals surface area contributed by atoms with E-state index in [4.69, 9.17) is 4.74 Å². The molecule has 0 unspecified atom stereocenters. The highest BCUT2D eigenvalue weighted by molar-refractivity contribution is 6.12. The Morgan fingerprint density at radius 1 is 1.16 bits per heavy atom. The number of hydrogen-bond acceptors (Lipinski definition) is 4. The molecular weight excluding hydrogens is 390 g/mol. The molecule has 0 spiro atoms. The van der Waals surface area contributed by atoms with E-state index in [0.717, 1.165) is 40.5 Å². The lowest BCUT2D eigenvalue weighted by molar-refractivity contribution is 0.0185. The number of ether oxygens (including phenoxy) is 1. The number of pyridine rings is 1. The molecule has 1 aliphatic heterocycles. The van der Waals surface area contributed by atoms with Crippen molar-refractivity contribution in [3.8, 4) is 11.1 Å². The van der Waals surface area contributed by atoms with Crippen LogP contribution in [-0.2, 0) is 4.74 Å². The molecule has 0 bridgehead atoms. The van der Waals surface area contributed by atoms with Crippen LogP contribution in [0.1, 0.15) is 39.7 Å². The van der Waals surface area contributed by atoms with Gasteiger partial charge >= 0.3 is 6.09 Å². The van der Waals surface area contributed by atoms with Gasteiger partial charge in [0, 0.05) is 47.3 Å². The van der Waals surface area contributed by atoms with Crippen molar-refractivity contribution in [1.82, 2.24) is 24.6 Å². The number of hydrogen-bond donors (Lipinski definition) is 1. The number of nitrogens with one attached hydrogen (secondary N) is 1. The minimum Gasteiger partial charge on any atom is -0.444 e. The monoisotopic (exact) mass is 417 g/mol. The number of rotatable bonds is 2. The van der Waals surface area contributed by atoms with Crippen LogP contribution < -0.4 is 0 Å². The van der Waals surface area contributed by atoms with Gasteiger partial charge in [0.25, 0.3) is 0 Å². The zero-order valence-corrected chi connectivity index (χ0v) is 18.1. The SMILES string of the molecule is CC(C)(C)OC(=O)N1CCC(n2cc(-c3ccnc4[nH]c5ccccc5c34)cn2)CC1. The molecule has 5 rings (SSSR count). The summed E-state index contributed by atoms with van der Waals surface area (Å²) in [6.07, 6.45) is 7.37. The van der Waals surface area contributed by atoms with Gasteiger partial charge in [-0.05, 0) is 51.3 Å². The second-order valence-electron chi connectivity index (χ2n) is 9.16. The van der Waals surface area contributed by atoms with Crippen molar-refractivity contribution in [2.45, 2.75) is 45.3 Å². The molecule has 7 heteroatoms. The molecule has 0 aliphatic carbocycles. The lowest BCUT2D eigenvalue weighted by Gasteiger charge is -2.33. The molecule has 1 N–H and O–H groups in total. The van der Waals surface area contributed by atoms with Gasteiger partial charge in [0.2, 0.25) is 0 Å². The van der Waals surface area contributed by atoms with Gasteiger partial charge in [0.15, 0.2) is 0 Å². The Labute approximate surface area is 181 Å². The minimum absolute atomic E-state index is 0.231. The second-order valence-corrected chi connectivity index (χ2v) is 9.16. The fraction of sp³-hybridized carbons (Fsp3) is 0.375. The van der Waals surface area contributed by atoms with E-state index in [1.807, 2.05) is 50.0 Å².